The van der Waals surface area contributed by atoms with Crippen molar-refractivity contribution in [2.24, 2.45) is 4.99 Å². The average Bonchev–Trinajstić information content (AvgIpc) is 2.60. The third-order valence-corrected chi connectivity index (χ3v) is 3.34. The van der Waals surface area contributed by atoms with Crippen molar-refractivity contribution in [2.45, 2.75) is 6.54 Å². The first-order valence-electron chi connectivity index (χ1n) is 7.37. The quantitative estimate of drug-likeness (QED) is 0.652. The first-order valence-corrected chi connectivity index (χ1v) is 7.37. The zero-order valence-corrected chi connectivity index (χ0v) is 12.3. The van der Waals surface area contributed by atoms with E-state index in [9.17, 15) is 0 Å². The highest BCUT2D eigenvalue weighted by molar-refractivity contribution is 5.82. The predicted molar refractivity (Wildman–Crippen MR) is 93.9 cm³/mol. The van der Waals surface area contributed by atoms with Crippen molar-refractivity contribution in [3.05, 3.63) is 96.1 Å². The Bertz CT molecular complexity index is 734. The molecule has 108 valence electrons. The molecule has 0 amide bonds. The van der Waals surface area contributed by atoms with Crippen molar-refractivity contribution in [3.63, 3.8) is 0 Å². The molecule has 0 saturated carbocycles. The number of benzene rings is 3. The summed E-state index contributed by atoms with van der Waals surface area (Å²) in [7, 11) is 0. The van der Waals surface area contributed by atoms with Crippen molar-refractivity contribution in [3.8, 4) is 0 Å². The fourth-order valence-corrected chi connectivity index (χ4v) is 2.21. The van der Waals surface area contributed by atoms with Crippen LogP contribution in [0.15, 0.2) is 89.9 Å². The van der Waals surface area contributed by atoms with Crippen LogP contribution in [0.1, 0.15) is 11.1 Å². The van der Waals surface area contributed by atoms with Gasteiger partial charge in [-0.1, -0.05) is 54.6 Å². The Kier molecular flexibility index (Phi) is 4.63. The summed E-state index contributed by atoms with van der Waals surface area (Å²) >= 11 is 0. The van der Waals surface area contributed by atoms with Gasteiger partial charge in [-0.2, -0.15) is 0 Å². The predicted octanol–water partition coefficient (Wildman–Crippen LogP) is 5.05. The third kappa shape index (κ3) is 4.06. The number of nitrogens with one attached hydrogen (secondary N) is 1. The first-order chi connectivity index (χ1) is 10.9. The molecular formula is C20H18N2. The Balaban J connectivity index is 1.66. The second-order valence-corrected chi connectivity index (χ2v) is 5.06. The summed E-state index contributed by atoms with van der Waals surface area (Å²) in [6.45, 7) is 0.803. The molecule has 22 heavy (non-hydrogen) atoms. The minimum Gasteiger partial charge on any atom is -0.381 e. The highest BCUT2D eigenvalue weighted by atomic mass is 14.9. The van der Waals surface area contributed by atoms with Gasteiger partial charge < -0.3 is 5.32 Å². The van der Waals surface area contributed by atoms with Crippen molar-refractivity contribution in [1.29, 1.82) is 0 Å². The topological polar surface area (TPSA) is 24.4 Å². The van der Waals surface area contributed by atoms with Crippen LogP contribution in [0.3, 0.4) is 0 Å². The van der Waals surface area contributed by atoms with E-state index in [-0.39, 0.29) is 0 Å². The molecule has 0 aliphatic carbocycles. The highest BCUT2D eigenvalue weighted by Gasteiger charge is 1.95. The van der Waals surface area contributed by atoms with Gasteiger partial charge in [-0.3, -0.25) is 4.99 Å². The van der Waals surface area contributed by atoms with Gasteiger partial charge in [0.25, 0.3) is 0 Å². The van der Waals surface area contributed by atoms with Gasteiger partial charge in [0.1, 0.15) is 0 Å². The molecule has 0 fully saturated rings. The lowest BCUT2D eigenvalue weighted by molar-refractivity contribution is 1.15. The summed E-state index contributed by atoms with van der Waals surface area (Å²) in [4.78, 5) is 4.49. The molecule has 2 nitrogen and oxygen atoms in total. The van der Waals surface area contributed by atoms with Crippen molar-refractivity contribution >= 4 is 17.6 Å². The van der Waals surface area contributed by atoms with E-state index in [1.807, 2.05) is 54.7 Å². The highest BCUT2D eigenvalue weighted by Crippen LogP contribution is 2.12. The normalized spacial score (nSPS) is 10.7. The molecule has 3 aromatic rings. The Morgan fingerprint density at radius 1 is 0.773 bits per heavy atom. The van der Waals surface area contributed by atoms with E-state index in [1.54, 1.807) is 0 Å². The molecule has 0 aliphatic rings. The zero-order valence-electron chi connectivity index (χ0n) is 12.3. The summed E-state index contributed by atoms with van der Waals surface area (Å²) in [5.41, 5.74) is 4.44. The SMILES string of the molecule is C(=Nc1ccccc1)c1cccc(CNc2ccccc2)c1. The average molecular weight is 286 g/mol. The van der Waals surface area contributed by atoms with Gasteiger partial charge in [0.2, 0.25) is 0 Å². The van der Waals surface area contributed by atoms with E-state index in [0.717, 1.165) is 23.5 Å². The summed E-state index contributed by atoms with van der Waals surface area (Å²) < 4.78 is 0. The Morgan fingerprint density at radius 2 is 1.50 bits per heavy atom. The van der Waals surface area contributed by atoms with Gasteiger partial charge >= 0.3 is 0 Å². The molecule has 0 atom stereocenters. The molecule has 1 N–H and O–H groups in total. The first kappa shape index (κ1) is 14.1. The van der Waals surface area contributed by atoms with Crippen LogP contribution in [0, 0.1) is 0 Å². The molecule has 0 saturated heterocycles. The minimum atomic E-state index is 0.803. The lowest BCUT2D eigenvalue weighted by atomic mass is 10.1. The molecule has 0 aromatic heterocycles. The molecule has 0 aliphatic heterocycles. The summed E-state index contributed by atoms with van der Waals surface area (Å²) in [6, 6.07) is 28.6. The lowest BCUT2D eigenvalue weighted by Crippen LogP contribution is -1.99. The van der Waals surface area contributed by atoms with Crippen molar-refractivity contribution in [2.75, 3.05) is 5.32 Å². The smallest absolute Gasteiger partial charge is 0.0629 e. The molecule has 0 unspecified atom stereocenters. The van der Waals surface area contributed by atoms with Crippen LogP contribution in [0.5, 0.6) is 0 Å². The zero-order chi connectivity index (χ0) is 15.0. The van der Waals surface area contributed by atoms with Crippen LogP contribution in [0.25, 0.3) is 0 Å². The van der Waals surface area contributed by atoms with Crippen LogP contribution in [-0.4, -0.2) is 6.21 Å². The number of aliphatic imine (C=N–C) groups is 1. The van der Waals surface area contributed by atoms with Crippen LogP contribution < -0.4 is 5.32 Å². The molecule has 3 rings (SSSR count). The van der Waals surface area contributed by atoms with Gasteiger partial charge in [-0.25, -0.2) is 0 Å². The number of para-hydroxylation sites is 2. The Morgan fingerprint density at radius 3 is 2.27 bits per heavy atom. The molecule has 0 bridgehead atoms. The molecule has 2 heteroatoms. The number of hydrogen-bond donors (Lipinski definition) is 1. The van der Waals surface area contributed by atoms with E-state index in [1.165, 1.54) is 5.56 Å². The number of hydrogen-bond acceptors (Lipinski definition) is 2. The second kappa shape index (κ2) is 7.23. The molecule has 0 spiro atoms. The summed E-state index contributed by atoms with van der Waals surface area (Å²) in [5.74, 6) is 0. The van der Waals surface area contributed by atoms with E-state index in [4.69, 9.17) is 0 Å². The standard InChI is InChI=1S/C20H18N2/c1-3-10-19(11-4-1)21-15-17-8-7-9-18(14-17)16-22-20-12-5-2-6-13-20/h1-15,22H,16H2. The van der Waals surface area contributed by atoms with Gasteiger partial charge in [-0.15, -0.1) is 0 Å². The monoisotopic (exact) mass is 286 g/mol. The van der Waals surface area contributed by atoms with Crippen LogP contribution >= 0.6 is 0 Å². The van der Waals surface area contributed by atoms with Gasteiger partial charge in [0.05, 0.1) is 5.69 Å². The van der Waals surface area contributed by atoms with E-state index in [2.05, 4.69) is 46.7 Å². The second-order valence-electron chi connectivity index (χ2n) is 5.06. The maximum Gasteiger partial charge on any atom is 0.0629 e. The van der Waals surface area contributed by atoms with Gasteiger partial charge in [-0.05, 0) is 41.5 Å². The fourth-order valence-electron chi connectivity index (χ4n) is 2.21. The Labute approximate surface area is 131 Å². The Hall–Kier alpha value is -2.87. The summed E-state index contributed by atoms with van der Waals surface area (Å²) in [5, 5.41) is 3.42. The van der Waals surface area contributed by atoms with Gasteiger partial charge in [0.15, 0.2) is 0 Å². The van der Waals surface area contributed by atoms with Crippen LogP contribution in [0.4, 0.5) is 11.4 Å². The summed E-state index contributed by atoms with van der Waals surface area (Å²) in [6.07, 6.45) is 1.90. The number of rotatable bonds is 5. The van der Waals surface area contributed by atoms with Crippen LogP contribution in [0.2, 0.25) is 0 Å². The van der Waals surface area contributed by atoms with Crippen molar-refractivity contribution in [1.82, 2.24) is 0 Å². The third-order valence-electron chi connectivity index (χ3n) is 3.34. The minimum absolute atomic E-state index is 0.803. The van der Waals surface area contributed by atoms with E-state index >= 15 is 0 Å². The molecule has 0 radical (unpaired) electrons. The fraction of sp³-hybridized carbons (Fsp3) is 0.0500. The van der Waals surface area contributed by atoms with E-state index < -0.39 is 0 Å². The molecular weight excluding hydrogens is 268 g/mol. The molecule has 0 heterocycles. The number of nitrogens with zero attached hydrogens (tertiary/aromatic N) is 1. The lowest BCUT2D eigenvalue weighted by Gasteiger charge is -2.06. The maximum atomic E-state index is 4.49. The number of anilines is 1. The van der Waals surface area contributed by atoms with Crippen molar-refractivity contribution < 1.29 is 0 Å². The molecule has 3 aromatic carbocycles. The maximum absolute atomic E-state index is 4.49. The van der Waals surface area contributed by atoms with Crippen LogP contribution in [-0.2, 0) is 6.54 Å². The largest absolute Gasteiger partial charge is 0.381 e. The van der Waals surface area contributed by atoms with E-state index in [0.29, 0.717) is 0 Å². The van der Waals surface area contributed by atoms with Gasteiger partial charge in [0, 0.05) is 18.4 Å².